The third kappa shape index (κ3) is 5.54. The molecule has 2 N–H and O–H groups in total. The van der Waals surface area contributed by atoms with Gasteiger partial charge in [-0.3, -0.25) is 19.2 Å². The molecule has 0 radical (unpaired) electrons. The Hall–Kier alpha value is -4.28. The highest BCUT2D eigenvalue weighted by atomic mass is 16.6. The summed E-state index contributed by atoms with van der Waals surface area (Å²) in [6.07, 6.45) is 6.61. The zero-order chi connectivity index (χ0) is 32.6. The van der Waals surface area contributed by atoms with Gasteiger partial charge in [0.15, 0.2) is 0 Å². The summed E-state index contributed by atoms with van der Waals surface area (Å²) in [4.78, 5) is 59.5. The fourth-order valence-corrected chi connectivity index (χ4v) is 7.38. The van der Waals surface area contributed by atoms with Gasteiger partial charge in [-0.25, -0.2) is 0 Å². The van der Waals surface area contributed by atoms with Crippen LogP contribution in [-0.2, 0) is 28.7 Å². The van der Waals surface area contributed by atoms with Crippen LogP contribution in [0.2, 0.25) is 0 Å². The van der Waals surface area contributed by atoms with E-state index in [0.29, 0.717) is 17.7 Å². The maximum Gasteiger partial charge on any atom is 0.313 e. The summed E-state index contributed by atoms with van der Waals surface area (Å²) in [5.74, 6) is -3.53. The van der Waals surface area contributed by atoms with Crippen LogP contribution in [0.5, 0.6) is 0 Å². The maximum atomic E-state index is 14.9. The van der Waals surface area contributed by atoms with Crippen LogP contribution in [0.25, 0.3) is 0 Å². The van der Waals surface area contributed by atoms with Gasteiger partial charge in [0.2, 0.25) is 11.8 Å². The first kappa shape index (κ1) is 31.7. The summed E-state index contributed by atoms with van der Waals surface area (Å²) < 4.78 is 12.7. The van der Waals surface area contributed by atoms with E-state index < -0.39 is 47.7 Å². The number of likely N-dealkylation sites (tertiary alicyclic amines) is 1. The number of hydrogen-bond acceptors (Lipinski definition) is 7. The largest absolute Gasteiger partial charge is 0.455 e. The van der Waals surface area contributed by atoms with Gasteiger partial charge in [-0.1, -0.05) is 66.8 Å². The zero-order valence-electron chi connectivity index (χ0n) is 26.4. The summed E-state index contributed by atoms with van der Waals surface area (Å²) in [5.41, 5.74) is 1.87. The van der Waals surface area contributed by atoms with Gasteiger partial charge in [-0.2, -0.15) is 0 Å². The van der Waals surface area contributed by atoms with Crippen molar-refractivity contribution >= 4 is 29.4 Å². The fraction of sp³-hybridized carbons (Fsp3) is 0.444. The van der Waals surface area contributed by atoms with E-state index in [4.69, 9.17) is 9.47 Å². The number of anilines is 1. The molecule has 2 aromatic rings. The number of amides is 3. The van der Waals surface area contributed by atoms with E-state index >= 15 is 0 Å². The third-order valence-electron chi connectivity index (χ3n) is 9.57. The summed E-state index contributed by atoms with van der Waals surface area (Å²) >= 11 is 0. The first-order valence-corrected chi connectivity index (χ1v) is 16.0. The van der Waals surface area contributed by atoms with Gasteiger partial charge in [0.1, 0.15) is 23.7 Å². The van der Waals surface area contributed by atoms with Crippen molar-refractivity contribution in [2.24, 2.45) is 11.8 Å². The summed E-state index contributed by atoms with van der Waals surface area (Å²) in [5, 5.41) is 12.7. The molecule has 1 spiro atoms. The molecular formula is C36H41N3O7. The van der Waals surface area contributed by atoms with Gasteiger partial charge in [0.05, 0.1) is 18.1 Å². The van der Waals surface area contributed by atoms with Crippen LogP contribution in [0.15, 0.2) is 72.8 Å². The Morgan fingerprint density at radius 3 is 2.57 bits per heavy atom. The molecule has 3 amide bonds. The predicted molar refractivity (Wildman–Crippen MR) is 170 cm³/mol. The number of carbonyl (C=O) groups excluding carboxylic acids is 4. The number of aryl methyl sites for hydroxylation is 2. The van der Waals surface area contributed by atoms with Crippen molar-refractivity contribution in [2.45, 2.75) is 69.9 Å². The van der Waals surface area contributed by atoms with Crippen molar-refractivity contribution in [1.82, 2.24) is 10.2 Å². The van der Waals surface area contributed by atoms with Crippen molar-refractivity contribution in [3.63, 3.8) is 0 Å². The number of ether oxygens (including phenoxy) is 2. The Morgan fingerprint density at radius 2 is 1.80 bits per heavy atom. The fourth-order valence-electron chi connectivity index (χ4n) is 7.38. The minimum Gasteiger partial charge on any atom is -0.455 e. The summed E-state index contributed by atoms with van der Waals surface area (Å²) in [7, 11) is 0. The highest BCUT2D eigenvalue weighted by Gasteiger charge is 2.73. The second-order valence-corrected chi connectivity index (χ2v) is 12.7. The van der Waals surface area contributed by atoms with Crippen LogP contribution in [0, 0.1) is 25.7 Å². The third-order valence-corrected chi connectivity index (χ3v) is 9.57. The van der Waals surface area contributed by atoms with E-state index in [-0.39, 0.29) is 50.3 Å². The Labute approximate surface area is 269 Å². The van der Waals surface area contributed by atoms with Gasteiger partial charge >= 0.3 is 5.97 Å². The standard InChI is InChI=1S/C36H41N3O7/c1-22-14-15-23(2)26(21-22)38-18-9-5-8-13-28(41)37-24(3)31(25-11-6-4-7-12-25)45-35(44)29-27-16-17-36(46-27)30(29)33(42)39(19-10-20-40)32(36)34(38)43/h4-7,9,11-12,14-17,21,24,27,29-32,40H,8,10,13,18-20H2,1-3H3,(H,37,41)/b9-5-/t24-,27+,29-,30-,31+,32+,36-/m0/s1. The lowest BCUT2D eigenvalue weighted by atomic mass is 9.74. The zero-order valence-corrected chi connectivity index (χ0v) is 26.4. The summed E-state index contributed by atoms with van der Waals surface area (Å²) in [6, 6.07) is 13.4. The molecule has 2 saturated heterocycles. The highest BCUT2D eigenvalue weighted by Crippen LogP contribution is 2.56. The second-order valence-electron chi connectivity index (χ2n) is 12.7. The number of carbonyl (C=O) groups is 4. The molecule has 5 bridgehead atoms. The normalized spacial score (nSPS) is 32.0. The van der Waals surface area contributed by atoms with Crippen molar-refractivity contribution < 1.29 is 33.8 Å². The number of aliphatic hydroxyl groups is 1. The van der Waals surface area contributed by atoms with E-state index in [9.17, 15) is 24.3 Å². The lowest BCUT2D eigenvalue weighted by Gasteiger charge is -2.36. The molecule has 0 aliphatic carbocycles. The smallest absolute Gasteiger partial charge is 0.313 e. The number of hydrogen-bond donors (Lipinski definition) is 2. The Balaban J connectivity index is 1.45. The molecule has 4 aliphatic rings. The molecule has 46 heavy (non-hydrogen) atoms. The number of rotatable bonds is 5. The Morgan fingerprint density at radius 1 is 1.02 bits per heavy atom. The van der Waals surface area contributed by atoms with E-state index in [2.05, 4.69) is 5.32 Å². The molecule has 0 saturated carbocycles. The maximum absolute atomic E-state index is 14.9. The van der Waals surface area contributed by atoms with Crippen molar-refractivity contribution in [3.8, 4) is 0 Å². The average molecular weight is 628 g/mol. The molecule has 242 valence electrons. The van der Waals surface area contributed by atoms with Crippen molar-refractivity contribution in [2.75, 3.05) is 24.6 Å². The number of fused-ring (bicyclic) bond motifs is 2. The predicted octanol–water partition coefficient (Wildman–Crippen LogP) is 3.31. The second kappa shape index (κ2) is 12.8. The SMILES string of the molecule is Cc1ccc(C)c(N2C/C=C\CCC(=O)N[C@@H](C)[C@H](c3ccccc3)OC(=O)[C@@H]3[C@H]4C(=O)N(CCCO)[C@H](C2=O)[C@]42C=C[C@H]3O2)c1. The first-order valence-electron chi connectivity index (χ1n) is 16.0. The minimum atomic E-state index is -1.38. The van der Waals surface area contributed by atoms with Crippen LogP contribution < -0.4 is 10.2 Å². The van der Waals surface area contributed by atoms with Gasteiger partial charge in [-0.05, 0) is 56.4 Å². The molecule has 6 rings (SSSR count). The number of benzene rings is 2. The lowest BCUT2D eigenvalue weighted by molar-refractivity contribution is -0.161. The van der Waals surface area contributed by atoms with Gasteiger partial charge < -0.3 is 29.7 Å². The topological polar surface area (TPSA) is 125 Å². The molecule has 2 fully saturated rings. The quantitative estimate of drug-likeness (QED) is 0.385. The number of aliphatic hydroxyl groups excluding tert-OH is 1. The highest BCUT2D eigenvalue weighted by molar-refractivity contribution is 6.05. The number of nitrogens with one attached hydrogen (secondary N) is 1. The van der Waals surface area contributed by atoms with E-state index in [0.717, 1.165) is 11.1 Å². The molecule has 4 heterocycles. The van der Waals surface area contributed by atoms with E-state index in [1.165, 1.54) is 4.90 Å². The molecule has 2 aromatic carbocycles. The van der Waals surface area contributed by atoms with Crippen LogP contribution in [0.3, 0.4) is 0 Å². The molecule has 10 heteroatoms. The molecule has 10 nitrogen and oxygen atoms in total. The van der Waals surface area contributed by atoms with Crippen LogP contribution in [-0.4, -0.2) is 77.2 Å². The van der Waals surface area contributed by atoms with Crippen LogP contribution in [0.4, 0.5) is 5.69 Å². The monoisotopic (exact) mass is 627 g/mol. The summed E-state index contributed by atoms with van der Waals surface area (Å²) in [6.45, 7) is 5.83. The minimum absolute atomic E-state index is 0.125. The molecular weight excluding hydrogens is 586 g/mol. The molecule has 7 atom stereocenters. The van der Waals surface area contributed by atoms with E-state index in [1.807, 2.05) is 74.5 Å². The van der Waals surface area contributed by atoms with Crippen LogP contribution >= 0.6 is 0 Å². The first-order chi connectivity index (χ1) is 22.2. The molecule has 4 aliphatic heterocycles. The molecule has 0 aromatic heterocycles. The van der Waals surface area contributed by atoms with Crippen molar-refractivity contribution in [1.29, 1.82) is 0 Å². The van der Waals surface area contributed by atoms with E-state index in [1.54, 1.807) is 24.0 Å². The Bertz CT molecular complexity index is 1570. The number of esters is 1. The van der Waals surface area contributed by atoms with Crippen LogP contribution in [0.1, 0.15) is 49.0 Å². The number of allylic oxidation sites excluding steroid dienone is 1. The number of nitrogens with zero attached hydrogens (tertiary/aromatic N) is 2. The van der Waals surface area contributed by atoms with Gasteiger partial charge in [0.25, 0.3) is 5.91 Å². The molecule has 0 unspecified atom stereocenters. The van der Waals surface area contributed by atoms with Crippen molar-refractivity contribution in [3.05, 3.63) is 89.5 Å². The van der Waals surface area contributed by atoms with Gasteiger partial charge in [0, 0.05) is 31.8 Å². The van der Waals surface area contributed by atoms with Gasteiger partial charge in [-0.15, -0.1) is 0 Å². The number of cyclic esters (lactones) is 1. The Kier molecular flexibility index (Phi) is 8.85. The lowest BCUT2D eigenvalue weighted by Crippen LogP contribution is -2.56. The average Bonchev–Trinajstić information content (AvgIpc) is 3.68.